The highest BCUT2D eigenvalue weighted by atomic mass is 16.5. The Morgan fingerprint density at radius 1 is 1.14 bits per heavy atom. The van der Waals surface area contributed by atoms with Gasteiger partial charge in [0.2, 0.25) is 5.91 Å². The molecule has 28 heavy (non-hydrogen) atoms. The molecular formula is C22H30N2O4. The second-order valence-corrected chi connectivity index (χ2v) is 8.76. The maximum atomic E-state index is 13.0. The van der Waals surface area contributed by atoms with E-state index >= 15 is 0 Å². The van der Waals surface area contributed by atoms with E-state index in [1.807, 2.05) is 25.1 Å². The summed E-state index contributed by atoms with van der Waals surface area (Å²) in [5, 5.41) is 3.08. The van der Waals surface area contributed by atoms with E-state index in [0.29, 0.717) is 36.5 Å². The Kier molecular flexibility index (Phi) is 4.71. The van der Waals surface area contributed by atoms with Gasteiger partial charge in [-0.15, -0.1) is 0 Å². The van der Waals surface area contributed by atoms with Crippen molar-refractivity contribution in [1.82, 2.24) is 4.90 Å². The zero-order valence-corrected chi connectivity index (χ0v) is 16.6. The fourth-order valence-corrected chi connectivity index (χ4v) is 5.36. The molecule has 2 saturated heterocycles. The van der Waals surface area contributed by atoms with E-state index in [2.05, 4.69) is 10.2 Å². The first-order valence-electron chi connectivity index (χ1n) is 10.7. The molecule has 1 aromatic carbocycles. The van der Waals surface area contributed by atoms with Gasteiger partial charge in [0.05, 0.1) is 25.4 Å². The molecule has 1 aromatic rings. The van der Waals surface area contributed by atoms with Crippen molar-refractivity contribution in [2.45, 2.75) is 63.6 Å². The predicted octanol–water partition coefficient (Wildman–Crippen LogP) is 3.21. The van der Waals surface area contributed by atoms with Crippen molar-refractivity contribution in [2.24, 2.45) is 5.41 Å². The topological polar surface area (TPSA) is 60.0 Å². The summed E-state index contributed by atoms with van der Waals surface area (Å²) in [4.78, 5) is 15.4. The fraction of sp³-hybridized carbons (Fsp3) is 0.682. The highest BCUT2D eigenvalue weighted by molar-refractivity contribution is 5.95. The molecule has 3 heterocycles. The van der Waals surface area contributed by atoms with Crippen LogP contribution < -0.4 is 14.8 Å². The minimum absolute atomic E-state index is 0.0339. The van der Waals surface area contributed by atoms with Crippen LogP contribution in [-0.2, 0) is 9.53 Å². The average molecular weight is 386 g/mol. The van der Waals surface area contributed by atoms with E-state index in [-0.39, 0.29) is 11.9 Å². The first-order chi connectivity index (χ1) is 13.7. The van der Waals surface area contributed by atoms with Crippen molar-refractivity contribution in [3.8, 4) is 11.5 Å². The Balaban J connectivity index is 1.27. The van der Waals surface area contributed by atoms with Crippen LogP contribution in [0.5, 0.6) is 11.5 Å². The molecule has 1 saturated carbocycles. The third kappa shape index (κ3) is 3.07. The van der Waals surface area contributed by atoms with Crippen molar-refractivity contribution < 1.29 is 19.0 Å². The van der Waals surface area contributed by atoms with Crippen molar-refractivity contribution in [2.75, 3.05) is 31.7 Å². The molecule has 1 aliphatic carbocycles. The van der Waals surface area contributed by atoms with Gasteiger partial charge in [-0.1, -0.05) is 6.42 Å². The number of hydrogen-bond donors (Lipinski definition) is 1. The summed E-state index contributed by atoms with van der Waals surface area (Å²) in [5.41, 5.74) is 1.16. The van der Waals surface area contributed by atoms with Crippen LogP contribution in [-0.4, -0.2) is 55.4 Å². The first kappa shape index (κ1) is 18.3. The molecular weight excluding hydrogens is 356 g/mol. The third-order valence-corrected chi connectivity index (χ3v) is 7.04. The molecule has 1 N–H and O–H groups in total. The molecule has 0 bridgehead atoms. The molecule has 0 aromatic heterocycles. The lowest BCUT2D eigenvalue weighted by molar-refractivity contribution is -0.187. The molecule has 3 atom stereocenters. The molecule has 3 unspecified atom stereocenters. The number of nitrogens with zero attached hydrogens (tertiary/aromatic N) is 1. The van der Waals surface area contributed by atoms with E-state index in [1.165, 1.54) is 19.3 Å². The smallest absolute Gasteiger partial charge is 0.241 e. The number of carbonyl (C=O) groups excluding carboxylic acids is 1. The van der Waals surface area contributed by atoms with Gasteiger partial charge in [0, 0.05) is 42.8 Å². The van der Waals surface area contributed by atoms with Gasteiger partial charge in [0.25, 0.3) is 0 Å². The lowest BCUT2D eigenvalue weighted by atomic mass is 9.56. The van der Waals surface area contributed by atoms with Crippen LogP contribution in [0.25, 0.3) is 0 Å². The predicted molar refractivity (Wildman–Crippen MR) is 106 cm³/mol. The first-order valence-corrected chi connectivity index (χ1v) is 10.7. The SMILES string of the molecule is CC(C(=O)Nc1ccc2c(c1)OCCCO2)N1CC2(CCC2)C1C1CCCO1. The highest BCUT2D eigenvalue weighted by Crippen LogP contribution is 2.56. The van der Waals surface area contributed by atoms with Crippen LogP contribution in [0, 0.1) is 5.41 Å². The van der Waals surface area contributed by atoms with Crippen molar-refractivity contribution in [3.05, 3.63) is 18.2 Å². The number of benzene rings is 1. The minimum Gasteiger partial charge on any atom is -0.490 e. The zero-order chi connectivity index (χ0) is 19.1. The lowest BCUT2D eigenvalue weighted by Gasteiger charge is -2.65. The summed E-state index contributed by atoms with van der Waals surface area (Å²) >= 11 is 0. The Labute approximate surface area is 166 Å². The van der Waals surface area contributed by atoms with E-state index < -0.39 is 0 Å². The molecule has 1 spiro atoms. The van der Waals surface area contributed by atoms with Crippen LogP contribution in [0.3, 0.4) is 0 Å². The van der Waals surface area contributed by atoms with Gasteiger partial charge in [-0.3, -0.25) is 9.69 Å². The number of nitrogens with one attached hydrogen (secondary N) is 1. The summed E-state index contributed by atoms with van der Waals surface area (Å²) in [5.74, 6) is 1.49. The molecule has 3 aliphatic heterocycles. The Morgan fingerprint density at radius 2 is 1.96 bits per heavy atom. The Bertz CT molecular complexity index is 742. The molecule has 6 nitrogen and oxygen atoms in total. The highest BCUT2D eigenvalue weighted by Gasteiger charge is 2.60. The van der Waals surface area contributed by atoms with E-state index in [0.717, 1.165) is 43.9 Å². The fourth-order valence-electron chi connectivity index (χ4n) is 5.36. The van der Waals surface area contributed by atoms with Crippen LogP contribution in [0.4, 0.5) is 5.69 Å². The summed E-state index contributed by atoms with van der Waals surface area (Å²) in [6, 6.07) is 5.86. The summed E-state index contributed by atoms with van der Waals surface area (Å²) in [7, 11) is 0. The number of amides is 1. The molecule has 5 rings (SSSR count). The second kappa shape index (κ2) is 7.23. The quantitative estimate of drug-likeness (QED) is 0.861. The molecule has 152 valence electrons. The van der Waals surface area contributed by atoms with Crippen LogP contribution >= 0.6 is 0 Å². The van der Waals surface area contributed by atoms with Gasteiger partial charge in [0.1, 0.15) is 0 Å². The molecule has 0 radical (unpaired) electrons. The van der Waals surface area contributed by atoms with Crippen LogP contribution in [0.2, 0.25) is 0 Å². The molecule has 6 heteroatoms. The second-order valence-electron chi connectivity index (χ2n) is 8.76. The number of ether oxygens (including phenoxy) is 3. The van der Waals surface area contributed by atoms with Crippen molar-refractivity contribution in [1.29, 1.82) is 0 Å². The number of fused-ring (bicyclic) bond motifs is 1. The Hall–Kier alpha value is -1.79. The zero-order valence-electron chi connectivity index (χ0n) is 16.6. The monoisotopic (exact) mass is 386 g/mol. The normalized spacial score (nSPS) is 29.5. The van der Waals surface area contributed by atoms with Gasteiger partial charge in [-0.2, -0.15) is 0 Å². The van der Waals surface area contributed by atoms with E-state index in [4.69, 9.17) is 14.2 Å². The molecule has 4 aliphatic rings. The maximum Gasteiger partial charge on any atom is 0.241 e. The van der Waals surface area contributed by atoms with Gasteiger partial charge >= 0.3 is 0 Å². The Morgan fingerprint density at radius 3 is 2.68 bits per heavy atom. The van der Waals surface area contributed by atoms with E-state index in [1.54, 1.807) is 0 Å². The van der Waals surface area contributed by atoms with Gasteiger partial charge in [0.15, 0.2) is 11.5 Å². The number of likely N-dealkylation sites (tertiary alicyclic amines) is 1. The molecule has 3 fully saturated rings. The number of rotatable bonds is 4. The van der Waals surface area contributed by atoms with Crippen molar-refractivity contribution in [3.63, 3.8) is 0 Å². The van der Waals surface area contributed by atoms with E-state index in [9.17, 15) is 4.79 Å². The molecule has 1 amide bonds. The van der Waals surface area contributed by atoms with Crippen LogP contribution in [0.15, 0.2) is 18.2 Å². The third-order valence-electron chi connectivity index (χ3n) is 7.04. The maximum absolute atomic E-state index is 13.0. The van der Waals surface area contributed by atoms with Gasteiger partial charge in [-0.05, 0) is 44.7 Å². The largest absolute Gasteiger partial charge is 0.490 e. The number of carbonyl (C=O) groups is 1. The van der Waals surface area contributed by atoms with Crippen molar-refractivity contribution >= 4 is 11.6 Å². The number of hydrogen-bond acceptors (Lipinski definition) is 5. The van der Waals surface area contributed by atoms with Crippen LogP contribution in [0.1, 0.15) is 45.4 Å². The summed E-state index contributed by atoms with van der Waals surface area (Å²) in [6.45, 7) is 5.21. The average Bonchev–Trinajstić information content (AvgIpc) is 3.03. The summed E-state index contributed by atoms with van der Waals surface area (Å²) in [6.07, 6.45) is 7.31. The van der Waals surface area contributed by atoms with Gasteiger partial charge < -0.3 is 19.5 Å². The lowest BCUT2D eigenvalue weighted by Crippen LogP contribution is -2.74. The summed E-state index contributed by atoms with van der Waals surface area (Å²) < 4.78 is 17.5. The minimum atomic E-state index is -0.170. The van der Waals surface area contributed by atoms with Gasteiger partial charge in [-0.25, -0.2) is 0 Å². The number of anilines is 1. The standard InChI is InChI=1S/C22H30N2O4/c1-15(24-14-22(8-3-9-22)20(24)18-5-2-10-27-18)21(25)23-16-6-7-17-19(13-16)28-12-4-11-26-17/h6-7,13,15,18,20H,2-5,8-12,14H2,1H3,(H,23,25).